The van der Waals surface area contributed by atoms with Gasteiger partial charge in [-0.15, -0.1) is 24.8 Å². The molecule has 4 rings (SSSR count). The highest BCUT2D eigenvalue weighted by atomic mass is 35.5. The van der Waals surface area contributed by atoms with Crippen LogP contribution in [0.25, 0.3) is 11.5 Å². The second kappa shape index (κ2) is 8.82. The lowest BCUT2D eigenvalue weighted by atomic mass is 10.0. The van der Waals surface area contributed by atoms with Gasteiger partial charge in [-0.25, -0.2) is 4.98 Å². The molecule has 150 valence electrons. The predicted octanol–water partition coefficient (Wildman–Crippen LogP) is 3.77. The third kappa shape index (κ3) is 4.11. The molecule has 2 aliphatic heterocycles. The molecule has 27 heavy (non-hydrogen) atoms. The number of nitrogens with zero attached hydrogens (tertiary/aromatic N) is 2. The Bertz CT molecular complexity index is 782. The van der Waals surface area contributed by atoms with Crippen molar-refractivity contribution < 1.29 is 9.15 Å². The van der Waals surface area contributed by atoms with E-state index in [0.717, 1.165) is 71.3 Å². The van der Waals surface area contributed by atoms with Crippen LogP contribution < -0.4 is 10.1 Å². The summed E-state index contributed by atoms with van der Waals surface area (Å²) in [4.78, 5) is 7.35. The van der Waals surface area contributed by atoms with Crippen molar-refractivity contribution in [3.8, 4) is 17.2 Å². The topological polar surface area (TPSA) is 50.5 Å². The van der Waals surface area contributed by atoms with E-state index >= 15 is 0 Å². The zero-order chi connectivity index (χ0) is 17.6. The van der Waals surface area contributed by atoms with Gasteiger partial charge in [-0.05, 0) is 69.0 Å². The van der Waals surface area contributed by atoms with Crippen LogP contribution in [0.4, 0.5) is 0 Å². The monoisotopic (exact) mass is 413 g/mol. The minimum atomic E-state index is 0. The SMILES string of the molecule is COc1ccc(-c2nc(CN3C[C@H]4CNC[C@H]4C3)c(C)o2)c(C)c1C.Cl.Cl. The highest BCUT2D eigenvalue weighted by Gasteiger charge is 2.36. The van der Waals surface area contributed by atoms with E-state index in [0.29, 0.717) is 0 Å². The van der Waals surface area contributed by atoms with Gasteiger partial charge in [0, 0.05) is 25.2 Å². The first kappa shape index (κ1) is 22.0. The lowest BCUT2D eigenvalue weighted by Crippen LogP contribution is -2.25. The lowest BCUT2D eigenvalue weighted by molar-refractivity contribution is 0.300. The number of halogens is 2. The Morgan fingerprint density at radius 3 is 2.41 bits per heavy atom. The molecular formula is C20H29Cl2N3O2. The van der Waals surface area contributed by atoms with Crippen LogP contribution in [0, 0.1) is 32.6 Å². The average molecular weight is 414 g/mol. The van der Waals surface area contributed by atoms with Crippen LogP contribution in [0.15, 0.2) is 16.5 Å². The maximum absolute atomic E-state index is 6.02. The third-order valence-corrected chi connectivity index (χ3v) is 5.92. The van der Waals surface area contributed by atoms with Gasteiger partial charge in [-0.1, -0.05) is 0 Å². The van der Waals surface area contributed by atoms with E-state index < -0.39 is 0 Å². The van der Waals surface area contributed by atoms with Gasteiger partial charge in [0.1, 0.15) is 11.5 Å². The number of fused-ring (bicyclic) bond motifs is 1. The highest BCUT2D eigenvalue weighted by Crippen LogP contribution is 2.33. The number of hydrogen-bond acceptors (Lipinski definition) is 5. The minimum Gasteiger partial charge on any atom is -0.496 e. The Labute approximate surface area is 173 Å². The Morgan fingerprint density at radius 2 is 1.78 bits per heavy atom. The highest BCUT2D eigenvalue weighted by molar-refractivity contribution is 5.85. The van der Waals surface area contributed by atoms with Crippen LogP contribution in [0.2, 0.25) is 0 Å². The van der Waals surface area contributed by atoms with Crippen molar-refractivity contribution in [3.63, 3.8) is 0 Å². The number of hydrogen-bond donors (Lipinski definition) is 1. The van der Waals surface area contributed by atoms with Crippen molar-refractivity contribution in [2.45, 2.75) is 27.3 Å². The number of ether oxygens (including phenoxy) is 1. The van der Waals surface area contributed by atoms with Crippen LogP contribution in [0.1, 0.15) is 22.6 Å². The van der Waals surface area contributed by atoms with Gasteiger partial charge in [0.2, 0.25) is 5.89 Å². The van der Waals surface area contributed by atoms with Gasteiger partial charge in [-0.2, -0.15) is 0 Å². The fourth-order valence-corrected chi connectivity index (χ4v) is 4.23. The number of oxazole rings is 1. The van der Waals surface area contributed by atoms with Crippen molar-refractivity contribution in [1.29, 1.82) is 0 Å². The third-order valence-electron chi connectivity index (χ3n) is 5.92. The number of rotatable bonds is 4. The largest absolute Gasteiger partial charge is 0.496 e. The van der Waals surface area contributed by atoms with E-state index in [9.17, 15) is 0 Å². The van der Waals surface area contributed by atoms with Crippen molar-refractivity contribution in [3.05, 3.63) is 34.7 Å². The van der Waals surface area contributed by atoms with E-state index in [1.165, 1.54) is 13.1 Å². The fraction of sp³-hybridized carbons (Fsp3) is 0.550. The predicted molar refractivity (Wildman–Crippen MR) is 112 cm³/mol. The van der Waals surface area contributed by atoms with Crippen molar-refractivity contribution in [2.75, 3.05) is 33.3 Å². The molecule has 0 saturated carbocycles. The molecule has 1 aromatic carbocycles. The number of likely N-dealkylation sites (tertiary alicyclic amines) is 1. The number of aromatic nitrogens is 1. The number of nitrogens with one attached hydrogen (secondary N) is 1. The van der Waals surface area contributed by atoms with Gasteiger partial charge in [-0.3, -0.25) is 4.90 Å². The lowest BCUT2D eigenvalue weighted by Gasteiger charge is -2.15. The zero-order valence-corrected chi connectivity index (χ0v) is 18.0. The standard InChI is InChI=1S/C20H27N3O2.2ClH/c1-12-13(2)19(24-4)6-5-17(12)20-22-18(14(3)25-20)11-23-9-15-7-21-8-16(15)10-23;;/h5-6,15-16,21H,7-11H2,1-4H3;2*1H/t15-,16+;;. The summed E-state index contributed by atoms with van der Waals surface area (Å²) in [5.74, 6) is 4.16. The molecule has 2 saturated heterocycles. The molecule has 2 fully saturated rings. The summed E-state index contributed by atoms with van der Waals surface area (Å²) in [6.07, 6.45) is 0. The Morgan fingerprint density at radius 1 is 1.11 bits per heavy atom. The van der Waals surface area contributed by atoms with Gasteiger partial charge >= 0.3 is 0 Å². The Hall–Kier alpha value is -1.27. The summed E-state index contributed by atoms with van der Waals surface area (Å²) in [7, 11) is 1.70. The molecule has 2 atom stereocenters. The van der Waals surface area contributed by atoms with Crippen LogP contribution in [-0.4, -0.2) is 43.2 Å². The van der Waals surface area contributed by atoms with Crippen LogP contribution in [-0.2, 0) is 6.54 Å². The van der Waals surface area contributed by atoms with Gasteiger partial charge in [0.05, 0.1) is 12.8 Å². The normalized spacial score (nSPS) is 21.5. The van der Waals surface area contributed by atoms with Gasteiger partial charge in [0.15, 0.2) is 0 Å². The van der Waals surface area contributed by atoms with Crippen LogP contribution >= 0.6 is 24.8 Å². The quantitative estimate of drug-likeness (QED) is 0.826. The molecule has 2 aromatic rings. The first-order valence-electron chi connectivity index (χ1n) is 9.10. The molecule has 0 bridgehead atoms. The molecule has 0 amide bonds. The van der Waals surface area contributed by atoms with Crippen molar-refractivity contribution in [1.82, 2.24) is 15.2 Å². The second-order valence-corrected chi connectivity index (χ2v) is 7.46. The zero-order valence-electron chi connectivity index (χ0n) is 16.4. The molecule has 2 aliphatic rings. The molecular weight excluding hydrogens is 385 g/mol. The summed E-state index contributed by atoms with van der Waals surface area (Å²) in [5.41, 5.74) is 4.41. The van der Waals surface area contributed by atoms with E-state index in [2.05, 4.69) is 24.1 Å². The molecule has 0 spiro atoms. The first-order chi connectivity index (χ1) is 12.1. The smallest absolute Gasteiger partial charge is 0.226 e. The summed E-state index contributed by atoms with van der Waals surface area (Å²) < 4.78 is 11.4. The Kier molecular flexibility index (Phi) is 7.20. The number of methoxy groups -OCH3 is 1. The average Bonchev–Trinajstić information content (AvgIpc) is 3.26. The molecule has 1 N–H and O–H groups in total. The van der Waals surface area contributed by atoms with Gasteiger partial charge < -0.3 is 14.5 Å². The number of benzene rings is 1. The van der Waals surface area contributed by atoms with Crippen LogP contribution in [0.3, 0.4) is 0 Å². The summed E-state index contributed by atoms with van der Waals surface area (Å²) in [5, 5.41) is 3.50. The first-order valence-corrected chi connectivity index (χ1v) is 9.10. The number of aryl methyl sites for hydroxylation is 1. The van der Waals surface area contributed by atoms with E-state index in [1.54, 1.807) is 7.11 Å². The summed E-state index contributed by atoms with van der Waals surface area (Å²) in [6, 6.07) is 4.04. The minimum absolute atomic E-state index is 0. The maximum atomic E-state index is 6.02. The molecule has 1 aromatic heterocycles. The van der Waals surface area contributed by atoms with Crippen LogP contribution in [0.5, 0.6) is 5.75 Å². The maximum Gasteiger partial charge on any atom is 0.226 e. The van der Waals surface area contributed by atoms with Crippen molar-refractivity contribution >= 4 is 24.8 Å². The molecule has 0 unspecified atom stereocenters. The van der Waals surface area contributed by atoms with E-state index in [-0.39, 0.29) is 24.8 Å². The summed E-state index contributed by atoms with van der Waals surface area (Å²) >= 11 is 0. The molecule has 0 radical (unpaired) electrons. The molecule has 0 aliphatic carbocycles. The molecule has 5 nitrogen and oxygen atoms in total. The fourth-order valence-electron chi connectivity index (χ4n) is 4.23. The Balaban J connectivity index is 0.00000131. The second-order valence-electron chi connectivity index (χ2n) is 7.46. The van der Waals surface area contributed by atoms with E-state index in [4.69, 9.17) is 14.1 Å². The molecule has 7 heteroatoms. The molecule has 3 heterocycles. The van der Waals surface area contributed by atoms with Crippen molar-refractivity contribution in [2.24, 2.45) is 11.8 Å². The van der Waals surface area contributed by atoms with E-state index in [1.807, 2.05) is 19.1 Å². The van der Waals surface area contributed by atoms with Gasteiger partial charge in [0.25, 0.3) is 0 Å². The summed E-state index contributed by atoms with van der Waals surface area (Å²) in [6.45, 7) is 11.7.